The molecule has 0 aliphatic carbocycles. The van der Waals surface area contributed by atoms with Crippen LogP contribution in [0.2, 0.25) is 0 Å². The van der Waals surface area contributed by atoms with Crippen LogP contribution in [0.4, 0.5) is 17.5 Å². The van der Waals surface area contributed by atoms with Crippen LogP contribution in [0.5, 0.6) is 5.75 Å². The molecule has 0 spiro atoms. The molecule has 2 aromatic carbocycles. The van der Waals surface area contributed by atoms with Crippen LogP contribution in [0.3, 0.4) is 0 Å². The molecule has 0 saturated heterocycles. The van der Waals surface area contributed by atoms with E-state index >= 15 is 0 Å². The lowest BCUT2D eigenvalue weighted by Crippen LogP contribution is -2.25. The number of hydrogen-bond acceptors (Lipinski definition) is 5. The van der Waals surface area contributed by atoms with E-state index in [4.69, 9.17) is 9.72 Å². The number of nitrogens with zero attached hydrogens (tertiary/aromatic N) is 3. The van der Waals surface area contributed by atoms with Gasteiger partial charge in [-0.25, -0.2) is 4.98 Å². The fourth-order valence-electron chi connectivity index (χ4n) is 3.41. The summed E-state index contributed by atoms with van der Waals surface area (Å²) in [5.74, 6) is 2.42. The maximum Gasteiger partial charge on any atom is 0.224 e. The SMILES string of the molecule is COc1ccc(CNc2nccc(N3c4ccccc4CC3C)n2)cc1. The van der Waals surface area contributed by atoms with Crippen molar-refractivity contribution in [1.82, 2.24) is 9.97 Å². The van der Waals surface area contributed by atoms with Gasteiger partial charge in [0.2, 0.25) is 5.95 Å². The molecule has 0 amide bonds. The van der Waals surface area contributed by atoms with Crippen LogP contribution in [0, 0.1) is 0 Å². The van der Waals surface area contributed by atoms with Crippen LogP contribution in [0.25, 0.3) is 0 Å². The molecule has 4 rings (SSSR count). The fourth-order valence-corrected chi connectivity index (χ4v) is 3.41. The highest BCUT2D eigenvalue weighted by atomic mass is 16.5. The lowest BCUT2D eigenvalue weighted by Gasteiger charge is -2.24. The van der Waals surface area contributed by atoms with Crippen LogP contribution in [0.15, 0.2) is 60.8 Å². The molecule has 0 saturated carbocycles. The molecule has 1 atom stereocenters. The lowest BCUT2D eigenvalue weighted by atomic mass is 10.1. The van der Waals surface area contributed by atoms with Gasteiger partial charge in [0.05, 0.1) is 7.11 Å². The van der Waals surface area contributed by atoms with Crippen molar-refractivity contribution in [2.24, 2.45) is 0 Å². The molecular weight excluding hydrogens is 324 g/mol. The van der Waals surface area contributed by atoms with Crippen LogP contribution in [0.1, 0.15) is 18.1 Å². The summed E-state index contributed by atoms with van der Waals surface area (Å²) in [6.45, 7) is 2.89. The highest BCUT2D eigenvalue weighted by Crippen LogP contribution is 2.37. The Kier molecular flexibility index (Phi) is 4.44. The van der Waals surface area contributed by atoms with Gasteiger partial charge in [-0.05, 0) is 48.7 Å². The quantitative estimate of drug-likeness (QED) is 0.751. The van der Waals surface area contributed by atoms with E-state index in [2.05, 4.69) is 46.4 Å². The number of anilines is 3. The summed E-state index contributed by atoms with van der Waals surface area (Å²) in [4.78, 5) is 11.4. The summed E-state index contributed by atoms with van der Waals surface area (Å²) in [7, 11) is 1.67. The summed E-state index contributed by atoms with van der Waals surface area (Å²) in [5, 5.41) is 3.31. The molecule has 5 nitrogen and oxygen atoms in total. The van der Waals surface area contributed by atoms with Gasteiger partial charge >= 0.3 is 0 Å². The first-order valence-corrected chi connectivity index (χ1v) is 8.81. The average molecular weight is 346 g/mol. The van der Waals surface area contributed by atoms with Gasteiger partial charge in [0.15, 0.2) is 0 Å². The second-order valence-electron chi connectivity index (χ2n) is 6.49. The predicted molar refractivity (Wildman–Crippen MR) is 104 cm³/mol. The lowest BCUT2D eigenvalue weighted by molar-refractivity contribution is 0.414. The Balaban J connectivity index is 1.51. The molecule has 132 valence electrons. The zero-order valence-electron chi connectivity index (χ0n) is 15.0. The fraction of sp³-hybridized carbons (Fsp3) is 0.238. The molecule has 5 heteroatoms. The number of benzene rings is 2. The van der Waals surface area contributed by atoms with Gasteiger partial charge in [-0.2, -0.15) is 4.98 Å². The van der Waals surface area contributed by atoms with Crippen LogP contribution in [-0.2, 0) is 13.0 Å². The van der Waals surface area contributed by atoms with Crippen molar-refractivity contribution in [2.45, 2.75) is 25.9 Å². The molecule has 0 bridgehead atoms. The number of para-hydroxylation sites is 1. The molecule has 1 aliphatic heterocycles. The Bertz CT molecular complexity index is 895. The van der Waals surface area contributed by atoms with Crippen molar-refractivity contribution in [3.05, 3.63) is 71.9 Å². The summed E-state index contributed by atoms with van der Waals surface area (Å²) in [6.07, 6.45) is 2.85. The summed E-state index contributed by atoms with van der Waals surface area (Å²) in [5.41, 5.74) is 3.76. The minimum absolute atomic E-state index is 0.386. The molecule has 1 N–H and O–H groups in total. The molecule has 0 radical (unpaired) electrons. The van der Waals surface area contributed by atoms with E-state index in [1.54, 1.807) is 7.11 Å². The summed E-state index contributed by atoms with van der Waals surface area (Å²) in [6, 6.07) is 18.9. The Hall–Kier alpha value is -3.08. The second-order valence-corrected chi connectivity index (χ2v) is 6.49. The van der Waals surface area contributed by atoms with E-state index in [0.717, 1.165) is 23.6 Å². The van der Waals surface area contributed by atoms with E-state index in [1.807, 2.05) is 36.5 Å². The van der Waals surface area contributed by atoms with E-state index in [9.17, 15) is 0 Å². The number of hydrogen-bond donors (Lipinski definition) is 1. The van der Waals surface area contributed by atoms with Gasteiger partial charge in [-0.3, -0.25) is 0 Å². The molecule has 3 aromatic rings. The number of ether oxygens (including phenoxy) is 1. The predicted octanol–water partition coefficient (Wildman–Crippen LogP) is 4.18. The molecule has 1 aromatic heterocycles. The van der Waals surface area contributed by atoms with Crippen molar-refractivity contribution < 1.29 is 4.74 Å². The first-order valence-electron chi connectivity index (χ1n) is 8.81. The maximum absolute atomic E-state index is 5.19. The van der Waals surface area contributed by atoms with Gasteiger partial charge in [-0.1, -0.05) is 30.3 Å². The number of nitrogens with one attached hydrogen (secondary N) is 1. The van der Waals surface area contributed by atoms with Gasteiger partial charge < -0.3 is 15.0 Å². The van der Waals surface area contributed by atoms with Crippen LogP contribution < -0.4 is 15.0 Å². The van der Waals surface area contributed by atoms with Crippen molar-refractivity contribution in [3.63, 3.8) is 0 Å². The van der Waals surface area contributed by atoms with Gasteiger partial charge in [0, 0.05) is 24.5 Å². The van der Waals surface area contributed by atoms with E-state index < -0.39 is 0 Å². The number of methoxy groups -OCH3 is 1. The number of rotatable bonds is 5. The smallest absolute Gasteiger partial charge is 0.224 e. The summed E-state index contributed by atoms with van der Waals surface area (Å²) < 4.78 is 5.19. The van der Waals surface area contributed by atoms with Crippen LogP contribution >= 0.6 is 0 Å². The maximum atomic E-state index is 5.19. The molecule has 1 aliphatic rings. The minimum atomic E-state index is 0.386. The Morgan fingerprint density at radius 3 is 2.73 bits per heavy atom. The van der Waals surface area contributed by atoms with Crippen molar-refractivity contribution in [2.75, 3.05) is 17.3 Å². The number of fused-ring (bicyclic) bond motifs is 1. The minimum Gasteiger partial charge on any atom is -0.497 e. The Labute approximate surface area is 153 Å². The highest BCUT2D eigenvalue weighted by Gasteiger charge is 2.27. The number of aromatic nitrogens is 2. The Morgan fingerprint density at radius 1 is 1.12 bits per heavy atom. The molecule has 0 fully saturated rings. The van der Waals surface area contributed by atoms with Crippen molar-refractivity contribution in [1.29, 1.82) is 0 Å². The molecule has 1 unspecified atom stereocenters. The normalized spacial score (nSPS) is 15.6. The third kappa shape index (κ3) is 3.20. The average Bonchev–Trinajstić information content (AvgIpc) is 3.02. The third-order valence-corrected chi connectivity index (χ3v) is 4.70. The van der Waals surface area contributed by atoms with Gasteiger partial charge in [-0.15, -0.1) is 0 Å². The zero-order chi connectivity index (χ0) is 17.9. The first-order chi connectivity index (χ1) is 12.7. The topological polar surface area (TPSA) is 50.3 Å². The van der Waals surface area contributed by atoms with Crippen LogP contribution in [-0.4, -0.2) is 23.1 Å². The highest BCUT2D eigenvalue weighted by molar-refractivity contribution is 5.69. The van der Waals surface area contributed by atoms with Gasteiger partial charge in [0.1, 0.15) is 11.6 Å². The summed E-state index contributed by atoms with van der Waals surface area (Å²) >= 11 is 0. The zero-order valence-corrected chi connectivity index (χ0v) is 15.0. The Morgan fingerprint density at radius 2 is 1.92 bits per heavy atom. The van der Waals surface area contributed by atoms with E-state index in [-0.39, 0.29) is 0 Å². The second kappa shape index (κ2) is 7.04. The van der Waals surface area contributed by atoms with E-state index in [0.29, 0.717) is 18.5 Å². The molecule has 2 heterocycles. The van der Waals surface area contributed by atoms with Gasteiger partial charge in [0.25, 0.3) is 0 Å². The third-order valence-electron chi connectivity index (χ3n) is 4.70. The monoisotopic (exact) mass is 346 g/mol. The van der Waals surface area contributed by atoms with Crippen molar-refractivity contribution in [3.8, 4) is 5.75 Å². The van der Waals surface area contributed by atoms with Crippen molar-refractivity contribution >= 4 is 17.5 Å². The van der Waals surface area contributed by atoms with E-state index in [1.165, 1.54) is 11.3 Å². The largest absolute Gasteiger partial charge is 0.497 e. The first kappa shape index (κ1) is 16.4. The standard InChI is InChI=1S/C21H22N4O/c1-15-13-17-5-3-4-6-19(17)25(15)20-11-12-22-21(24-20)23-14-16-7-9-18(26-2)10-8-16/h3-12,15H,13-14H2,1-2H3,(H,22,23,24). The molecule has 26 heavy (non-hydrogen) atoms. The molecular formula is C21H22N4O.